The third-order valence-corrected chi connectivity index (χ3v) is 1.74. The van der Waals surface area contributed by atoms with Gasteiger partial charge in [-0.1, -0.05) is 0 Å². The van der Waals surface area contributed by atoms with E-state index in [1.54, 1.807) is 0 Å². The summed E-state index contributed by atoms with van der Waals surface area (Å²) in [5.74, 6) is 0.0600. The minimum absolute atomic E-state index is 0.0600. The molecule has 0 spiro atoms. The largest absolute Gasteiger partial charge is 0.383 e. The Morgan fingerprint density at radius 3 is 2.62 bits per heavy atom. The van der Waals surface area contributed by atoms with E-state index in [4.69, 9.17) is 5.73 Å². The molecule has 66 valence electrons. The van der Waals surface area contributed by atoms with Gasteiger partial charge < -0.3 is 5.73 Å². The molecule has 0 aromatic carbocycles. The Morgan fingerprint density at radius 2 is 1.92 bits per heavy atom. The van der Waals surface area contributed by atoms with Gasteiger partial charge in [-0.25, -0.2) is 4.98 Å². The summed E-state index contributed by atoms with van der Waals surface area (Å²) >= 11 is 0. The Labute approximate surface area is 71.4 Å². The van der Waals surface area contributed by atoms with Crippen molar-refractivity contribution in [2.45, 2.75) is 0 Å². The van der Waals surface area contributed by atoms with Crippen molar-refractivity contribution in [1.29, 1.82) is 0 Å². The first-order valence-electron chi connectivity index (χ1n) is 3.55. The van der Waals surface area contributed by atoms with Crippen LogP contribution in [0.5, 0.6) is 0 Å². The number of hydrogen-bond donors (Lipinski definition) is 3. The van der Waals surface area contributed by atoms with Gasteiger partial charge in [0.2, 0.25) is 0 Å². The number of pyridine rings is 1. The number of nitrogens with zero attached hydrogens (tertiary/aromatic N) is 1. The second-order valence-electron chi connectivity index (χ2n) is 2.53. The third-order valence-electron chi connectivity index (χ3n) is 1.74. The van der Waals surface area contributed by atoms with Crippen molar-refractivity contribution in [2.24, 2.45) is 0 Å². The lowest BCUT2D eigenvalue weighted by Gasteiger charge is -1.96. The van der Waals surface area contributed by atoms with E-state index in [9.17, 15) is 9.59 Å². The SMILES string of the molecule is Nc1nccc2c(=O)[nH][nH]c(=O)c12. The van der Waals surface area contributed by atoms with Crippen LogP contribution in [-0.2, 0) is 0 Å². The van der Waals surface area contributed by atoms with Gasteiger partial charge in [-0.2, -0.15) is 0 Å². The molecule has 2 aromatic heterocycles. The van der Waals surface area contributed by atoms with Gasteiger partial charge in [0.15, 0.2) is 0 Å². The molecule has 0 unspecified atom stereocenters. The molecule has 4 N–H and O–H groups in total. The van der Waals surface area contributed by atoms with Gasteiger partial charge in [0, 0.05) is 6.20 Å². The van der Waals surface area contributed by atoms with Crippen LogP contribution in [0.2, 0.25) is 0 Å². The van der Waals surface area contributed by atoms with E-state index < -0.39 is 5.56 Å². The molecule has 0 saturated heterocycles. The highest BCUT2D eigenvalue weighted by Gasteiger charge is 2.05. The van der Waals surface area contributed by atoms with Crippen molar-refractivity contribution in [2.75, 3.05) is 5.73 Å². The van der Waals surface area contributed by atoms with Crippen LogP contribution in [0, 0.1) is 0 Å². The van der Waals surface area contributed by atoms with Crippen LogP contribution in [0.25, 0.3) is 10.8 Å². The van der Waals surface area contributed by atoms with Crippen LogP contribution >= 0.6 is 0 Å². The van der Waals surface area contributed by atoms with Crippen molar-refractivity contribution >= 4 is 16.6 Å². The first-order valence-corrected chi connectivity index (χ1v) is 3.55. The summed E-state index contributed by atoms with van der Waals surface area (Å²) < 4.78 is 0. The number of nitrogen functional groups attached to an aromatic ring is 1. The number of aromatic nitrogens is 3. The number of hydrogen-bond acceptors (Lipinski definition) is 4. The zero-order valence-corrected chi connectivity index (χ0v) is 6.50. The molecule has 0 atom stereocenters. The number of rotatable bonds is 0. The van der Waals surface area contributed by atoms with Crippen molar-refractivity contribution in [3.8, 4) is 0 Å². The lowest BCUT2D eigenvalue weighted by atomic mass is 10.2. The Balaban J connectivity index is 3.19. The number of nitrogens with two attached hydrogens (primary N) is 1. The number of anilines is 1. The van der Waals surface area contributed by atoms with E-state index in [1.165, 1.54) is 12.3 Å². The van der Waals surface area contributed by atoms with Crippen LogP contribution in [-0.4, -0.2) is 15.2 Å². The normalized spacial score (nSPS) is 10.5. The van der Waals surface area contributed by atoms with Crippen LogP contribution in [0.3, 0.4) is 0 Å². The second kappa shape index (κ2) is 2.44. The molecule has 2 rings (SSSR count). The smallest absolute Gasteiger partial charge is 0.274 e. The monoisotopic (exact) mass is 178 g/mol. The number of fused-ring (bicyclic) bond motifs is 1. The Hall–Kier alpha value is -2.11. The van der Waals surface area contributed by atoms with Crippen LogP contribution in [0.1, 0.15) is 0 Å². The van der Waals surface area contributed by atoms with E-state index in [2.05, 4.69) is 15.2 Å². The average Bonchev–Trinajstić information content (AvgIpc) is 2.12. The molecule has 0 aliphatic carbocycles. The van der Waals surface area contributed by atoms with Crippen LogP contribution in [0.4, 0.5) is 5.82 Å². The molecular weight excluding hydrogens is 172 g/mol. The van der Waals surface area contributed by atoms with E-state index in [1.807, 2.05) is 0 Å². The molecule has 2 heterocycles. The predicted octanol–water partition coefficient (Wildman–Crippen LogP) is -0.806. The van der Waals surface area contributed by atoms with E-state index in [-0.39, 0.29) is 22.1 Å². The lowest BCUT2D eigenvalue weighted by Crippen LogP contribution is -2.20. The average molecular weight is 178 g/mol. The topological polar surface area (TPSA) is 105 Å². The quantitative estimate of drug-likeness (QED) is 0.490. The standard InChI is InChI=1S/C7H6N4O2/c8-5-4-3(1-2-9-5)6(12)10-11-7(4)13/h1-2H,(H2,8,9)(H,10,12)(H,11,13). The number of H-pyrrole nitrogens is 2. The van der Waals surface area contributed by atoms with E-state index in [0.29, 0.717) is 0 Å². The first kappa shape index (κ1) is 7.53. The third kappa shape index (κ3) is 0.994. The predicted molar refractivity (Wildman–Crippen MR) is 47.4 cm³/mol. The van der Waals surface area contributed by atoms with Crippen molar-refractivity contribution in [3.63, 3.8) is 0 Å². The summed E-state index contributed by atoms with van der Waals surface area (Å²) in [4.78, 5) is 26.1. The zero-order valence-electron chi connectivity index (χ0n) is 6.50. The summed E-state index contributed by atoms with van der Waals surface area (Å²) in [5, 5.41) is 4.74. The maximum atomic E-state index is 11.2. The van der Waals surface area contributed by atoms with Gasteiger partial charge in [-0.15, -0.1) is 0 Å². The Bertz CT molecular complexity index is 568. The number of aromatic amines is 2. The molecule has 0 fully saturated rings. The maximum Gasteiger partial charge on any atom is 0.274 e. The maximum absolute atomic E-state index is 11.2. The van der Waals surface area contributed by atoms with Gasteiger partial charge >= 0.3 is 0 Å². The van der Waals surface area contributed by atoms with Gasteiger partial charge in [0.25, 0.3) is 11.1 Å². The minimum Gasteiger partial charge on any atom is -0.383 e. The highest BCUT2D eigenvalue weighted by atomic mass is 16.1. The summed E-state index contributed by atoms with van der Waals surface area (Å²) in [6.45, 7) is 0. The highest BCUT2D eigenvalue weighted by Crippen LogP contribution is 2.07. The van der Waals surface area contributed by atoms with Gasteiger partial charge in [0.1, 0.15) is 5.82 Å². The molecule has 2 aromatic rings. The molecular formula is C7H6N4O2. The fraction of sp³-hybridized carbons (Fsp3) is 0. The Kier molecular flexibility index (Phi) is 1.42. The molecule has 0 aliphatic heterocycles. The van der Waals surface area contributed by atoms with Crippen molar-refractivity contribution in [3.05, 3.63) is 33.0 Å². The molecule has 6 heteroatoms. The molecule has 0 amide bonds. The fourth-order valence-electron chi connectivity index (χ4n) is 1.15. The van der Waals surface area contributed by atoms with E-state index in [0.717, 1.165) is 0 Å². The first-order chi connectivity index (χ1) is 6.20. The van der Waals surface area contributed by atoms with Crippen molar-refractivity contribution < 1.29 is 0 Å². The summed E-state index contributed by atoms with van der Waals surface area (Å²) in [7, 11) is 0. The van der Waals surface area contributed by atoms with Crippen LogP contribution < -0.4 is 16.9 Å². The molecule has 6 nitrogen and oxygen atoms in total. The van der Waals surface area contributed by atoms with Gasteiger partial charge in [-0.05, 0) is 6.07 Å². The molecule has 0 aliphatic rings. The van der Waals surface area contributed by atoms with E-state index >= 15 is 0 Å². The summed E-state index contributed by atoms with van der Waals surface area (Å²) in [6.07, 6.45) is 1.38. The molecule has 13 heavy (non-hydrogen) atoms. The minimum atomic E-state index is -0.444. The molecule has 0 radical (unpaired) electrons. The van der Waals surface area contributed by atoms with Crippen LogP contribution in [0.15, 0.2) is 21.9 Å². The number of nitrogens with one attached hydrogen (secondary N) is 2. The fourth-order valence-corrected chi connectivity index (χ4v) is 1.15. The van der Waals surface area contributed by atoms with Gasteiger partial charge in [0.05, 0.1) is 10.8 Å². The molecule has 0 bridgehead atoms. The highest BCUT2D eigenvalue weighted by molar-refractivity contribution is 5.88. The van der Waals surface area contributed by atoms with Crippen molar-refractivity contribution in [1.82, 2.24) is 15.2 Å². The zero-order chi connectivity index (χ0) is 9.42. The summed E-state index contributed by atoms with van der Waals surface area (Å²) in [5.41, 5.74) is 4.61. The Morgan fingerprint density at radius 1 is 1.23 bits per heavy atom. The lowest BCUT2D eigenvalue weighted by molar-refractivity contribution is 0.975. The molecule has 0 saturated carbocycles. The second-order valence-corrected chi connectivity index (χ2v) is 2.53. The van der Waals surface area contributed by atoms with Gasteiger partial charge in [-0.3, -0.25) is 19.8 Å². The summed E-state index contributed by atoms with van der Waals surface area (Å²) in [6, 6.07) is 1.44.